The maximum atomic E-state index is 13.8. The number of hydrogen-bond acceptors (Lipinski definition) is 7. The van der Waals surface area contributed by atoms with E-state index in [1.165, 1.54) is 12.1 Å². The third-order valence-corrected chi connectivity index (χ3v) is 9.26. The van der Waals surface area contributed by atoms with E-state index in [2.05, 4.69) is 14.8 Å². The fourth-order valence-electron chi connectivity index (χ4n) is 4.62. The molecule has 0 bridgehead atoms. The van der Waals surface area contributed by atoms with Crippen molar-refractivity contribution in [2.45, 2.75) is 38.1 Å². The number of carboxylic acids is 1. The van der Waals surface area contributed by atoms with Gasteiger partial charge in [-0.15, -0.1) is 0 Å². The summed E-state index contributed by atoms with van der Waals surface area (Å²) in [6.07, 6.45) is 5.32. The normalized spacial score (nSPS) is 18.2. The molecule has 11 nitrogen and oxygen atoms in total. The van der Waals surface area contributed by atoms with Crippen LogP contribution in [-0.2, 0) is 24.8 Å². The molecule has 0 aliphatic heterocycles. The minimum absolute atomic E-state index is 0.198. The van der Waals surface area contributed by atoms with Gasteiger partial charge in [-0.25, -0.2) is 16.8 Å². The number of carboxylic acid groups (broad SMARTS) is 1. The fraction of sp³-hybridized carbons (Fsp3) is 0.286. The third kappa shape index (κ3) is 6.21. The van der Waals surface area contributed by atoms with Crippen molar-refractivity contribution in [1.82, 2.24) is 10.0 Å². The molecular weight excluding hydrogens is 570 g/mol. The zero-order valence-corrected chi connectivity index (χ0v) is 24.5. The number of sulfonamides is 2. The van der Waals surface area contributed by atoms with E-state index >= 15 is 0 Å². The minimum Gasteiger partial charge on any atom is -0.480 e. The molecule has 218 valence electrons. The number of carbonyl (C=O) groups excluding carboxylic acids is 1. The van der Waals surface area contributed by atoms with E-state index in [1.54, 1.807) is 45.1 Å². The number of fused-ring (bicyclic) bond motifs is 1. The monoisotopic (exact) mass is 601 g/mol. The standard InChI is InChI=1S/C28H31N3O8S2/c1-17(2)24(27(33)34)31-41(37,38)28(15-13-20(14-16-28)19-9-6-5-7-10-19)29-26(32)25-18(3)23-21(30-40(4,35)36)11-8-12-22(23)39-25/h5-15,17,24,30-31H,16H2,1-4H3,(H,29,32)(H,33,34). The number of amides is 1. The van der Waals surface area contributed by atoms with Crippen LogP contribution >= 0.6 is 0 Å². The number of benzene rings is 2. The summed E-state index contributed by atoms with van der Waals surface area (Å²) in [4.78, 5) is 23.4. The molecule has 1 aromatic heterocycles. The van der Waals surface area contributed by atoms with Gasteiger partial charge in [-0.1, -0.05) is 62.4 Å². The highest BCUT2D eigenvalue weighted by atomic mass is 32.2. The maximum absolute atomic E-state index is 13.8. The highest BCUT2D eigenvalue weighted by Crippen LogP contribution is 2.35. The van der Waals surface area contributed by atoms with Gasteiger partial charge in [0, 0.05) is 17.4 Å². The van der Waals surface area contributed by atoms with E-state index < -0.39 is 48.8 Å². The van der Waals surface area contributed by atoms with Crippen LogP contribution in [0.2, 0.25) is 0 Å². The molecular formula is C28H31N3O8S2. The van der Waals surface area contributed by atoms with Crippen LogP contribution in [-0.4, -0.2) is 51.0 Å². The lowest BCUT2D eigenvalue weighted by molar-refractivity contribution is -0.140. The Morgan fingerprint density at radius 1 is 1.02 bits per heavy atom. The number of aliphatic carboxylic acids is 1. The molecule has 3 aromatic rings. The largest absolute Gasteiger partial charge is 0.480 e. The number of rotatable bonds is 10. The summed E-state index contributed by atoms with van der Waals surface area (Å²) in [5.74, 6) is -3.05. The van der Waals surface area contributed by atoms with E-state index in [1.807, 2.05) is 30.3 Å². The lowest BCUT2D eigenvalue weighted by Crippen LogP contribution is -2.60. The summed E-state index contributed by atoms with van der Waals surface area (Å²) in [5.41, 5.74) is 2.26. The van der Waals surface area contributed by atoms with E-state index in [9.17, 15) is 31.5 Å². The van der Waals surface area contributed by atoms with Crippen LogP contribution in [0.4, 0.5) is 5.69 Å². The first-order chi connectivity index (χ1) is 19.1. The second-order valence-corrected chi connectivity index (χ2v) is 13.9. The molecule has 4 N–H and O–H groups in total. The Labute approximate surface area is 238 Å². The smallest absolute Gasteiger partial charge is 0.321 e. The number of hydrogen-bond donors (Lipinski definition) is 4. The Morgan fingerprint density at radius 2 is 1.71 bits per heavy atom. The maximum Gasteiger partial charge on any atom is 0.321 e. The average Bonchev–Trinajstić information content (AvgIpc) is 3.24. The van der Waals surface area contributed by atoms with Gasteiger partial charge in [-0.05, 0) is 42.2 Å². The first-order valence-electron chi connectivity index (χ1n) is 12.7. The van der Waals surface area contributed by atoms with Crippen molar-refractivity contribution in [2.24, 2.45) is 5.92 Å². The topological polar surface area (TPSA) is 172 Å². The zero-order chi connectivity index (χ0) is 30.2. The number of anilines is 1. The number of aryl methyl sites for hydroxylation is 1. The third-order valence-electron chi connectivity index (χ3n) is 6.74. The van der Waals surface area contributed by atoms with E-state index in [0.29, 0.717) is 5.39 Å². The van der Waals surface area contributed by atoms with E-state index in [4.69, 9.17) is 4.42 Å². The minimum atomic E-state index is -4.55. The van der Waals surface area contributed by atoms with Crippen LogP contribution in [0, 0.1) is 12.8 Å². The zero-order valence-electron chi connectivity index (χ0n) is 22.8. The highest BCUT2D eigenvalue weighted by molar-refractivity contribution is 7.92. The van der Waals surface area contributed by atoms with Gasteiger partial charge < -0.3 is 14.8 Å². The lowest BCUT2D eigenvalue weighted by Gasteiger charge is -2.34. The molecule has 41 heavy (non-hydrogen) atoms. The lowest BCUT2D eigenvalue weighted by atomic mass is 9.96. The molecule has 0 saturated carbocycles. The summed E-state index contributed by atoms with van der Waals surface area (Å²) in [5, 5.41) is 12.6. The van der Waals surface area contributed by atoms with Crippen molar-refractivity contribution in [3.8, 4) is 0 Å². The predicted octanol–water partition coefficient (Wildman–Crippen LogP) is 3.61. The first-order valence-corrected chi connectivity index (χ1v) is 16.0. The molecule has 0 radical (unpaired) electrons. The van der Waals surface area contributed by atoms with Gasteiger partial charge in [-0.2, -0.15) is 4.72 Å². The van der Waals surface area contributed by atoms with Gasteiger partial charge in [0.25, 0.3) is 5.91 Å². The first kappa shape index (κ1) is 30.0. The van der Waals surface area contributed by atoms with Gasteiger partial charge in [0.1, 0.15) is 11.6 Å². The molecule has 1 amide bonds. The molecule has 0 fully saturated rings. The molecule has 1 heterocycles. The van der Waals surface area contributed by atoms with Crippen LogP contribution in [0.5, 0.6) is 0 Å². The number of furan rings is 1. The number of nitrogens with one attached hydrogen (secondary N) is 3. The van der Waals surface area contributed by atoms with Gasteiger partial charge in [0.2, 0.25) is 20.0 Å². The molecule has 2 unspecified atom stereocenters. The van der Waals surface area contributed by atoms with Crippen molar-refractivity contribution in [2.75, 3.05) is 11.0 Å². The van der Waals surface area contributed by atoms with Crippen LogP contribution in [0.15, 0.2) is 71.2 Å². The summed E-state index contributed by atoms with van der Waals surface area (Å²) < 4.78 is 61.8. The van der Waals surface area contributed by atoms with Crippen LogP contribution in [0.3, 0.4) is 0 Å². The quantitative estimate of drug-likeness (QED) is 0.273. The second-order valence-electron chi connectivity index (χ2n) is 10.2. The second kappa shape index (κ2) is 11.1. The SMILES string of the molecule is Cc1c(C(=O)NC2(S(=O)(=O)NC(C(=O)O)C(C)C)C=CC(c3ccccc3)=CC2)oc2cccc(NS(C)(=O)=O)c12. The Balaban J connectivity index is 1.77. The fourth-order valence-corrected chi connectivity index (χ4v) is 6.89. The van der Waals surface area contributed by atoms with Crippen molar-refractivity contribution >= 4 is 54.2 Å². The van der Waals surface area contributed by atoms with Crippen LogP contribution in [0.25, 0.3) is 16.5 Å². The summed E-state index contributed by atoms with van der Waals surface area (Å²) >= 11 is 0. The number of allylic oxidation sites excluding steroid dienone is 2. The average molecular weight is 602 g/mol. The molecule has 1 aliphatic rings. The highest BCUT2D eigenvalue weighted by Gasteiger charge is 2.46. The summed E-state index contributed by atoms with van der Waals surface area (Å²) in [6.45, 7) is 4.68. The molecule has 0 spiro atoms. The van der Waals surface area contributed by atoms with Crippen molar-refractivity contribution in [3.63, 3.8) is 0 Å². The van der Waals surface area contributed by atoms with Crippen LogP contribution < -0.4 is 14.8 Å². The number of carbonyl (C=O) groups is 2. The Hall–Kier alpha value is -3.94. The van der Waals surface area contributed by atoms with Gasteiger partial charge in [0.05, 0.1) is 11.9 Å². The Kier molecular flexibility index (Phi) is 8.16. The Bertz CT molecular complexity index is 1770. The summed E-state index contributed by atoms with van der Waals surface area (Å²) in [7, 11) is -8.19. The molecule has 0 saturated heterocycles. The van der Waals surface area contributed by atoms with E-state index in [0.717, 1.165) is 17.4 Å². The molecule has 2 atom stereocenters. The predicted molar refractivity (Wildman–Crippen MR) is 156 cm³/mol. The molecule has 2 aromatic carbocycles. The van der Waals surface area contributed by atoms with E-state index in [-0.39, 0.29) is 29.0 Å². The summed E-state index contributed by atoms with van der Waals surface area (Å²) in [6, 6.07) is 12.4. The molecule has 4 rings (SSSR count). The van der Waals surface area contributed by atoms with Crippen molar-refractivity contribution in [1.29, 1.82) is 0 Å². The van der Waals surface area contributed by atoms with Crippen molar-refractivity contribution in [3.05, 3.63) is 83.6 Å². The Morgan fingerprint density at radius 3 is 2.27 bits per heavy atom. The van der Waals surface area contributed by atoms with Crippen molar-refractivity contribution < 1.29 is 35.9 Å². The van der Waals surface area contributed by atoms with Gasteiger partial charge in [-0.3, -0.25) is 14.3 Å². The van der Waals surface area contributed by atoms with Gasteiger partial charge in [0.15, 0.2) is 10.6 Å². The van der Waals surface area contributed by atoms with Gasteiger partial charge >= 0.3 is 5.97 Å². The molecule has 13 heteroatoms. The molecule has 1 aliphatic carbocycles. The van der Waals surface area contributed by atoms with Crippen LogP contribution in [0.1, 0.15) is 41.9 Å².